The first-order chi connectivity index (χ1) is 8.09. The monoisotopic (exact) mass is 234 g/mol. The van der Waals surface area contributed by atoms with E-state index in [2.05, 4.69) is 5.32 Å². The van der Waals surface area contributed by atoms with Crippen molar-refractivity contribution in [1.29, 1.82) is 0 Å². The number of carbonyl (C=O) groups is 2. The predicted molar refractivity (Wildman–Crippen MR) is 64.1 cm³/mol. The predicted octanol–water partition coefficient (Wildman–Crippen LogP) is 1.31. The second kappa shape index (κ2) is 4.45. The minimum absolute atomic E-state index is 0.0198. The number of hydrogen-bond acceptors (Lipinski definition) is 3. The first-order valence-electron chi connectivity index (χ1n) is 5.48. The molecular weight excluding hydrogens is 220 g/mol. The molecule has 0 radical (unpaired) electrons. The van der Waals surface area contributed by atoms with Gasteiger partial charge < -0.3 is 15.3 Å². The average Bonchev–Trinajstić information content (AvgIpc) is 2.29. The van der Waals surface area contributed by atoms with Gasteiger partial charge in [0.1, 0.15) is 6.04 Å². The Hall–Kier alpha value is -2.04. The van der Waals surface area contributed by atoms with Gasteiger partial charge in [0.05, 0.1) is 17.8 Å². The second-order valence-electron chi connectivity index (χ2n) is 4.02. The van der Waals surface area contributed by atoms with Crippen molar-refractivity contribution in [2.24, 2.45) is 0 Å². The molecule has 2 rings (SSSR count). The van der Waals surface area contributed by atoms with Gasteiger partial charge in [-0.05, 0) is 19.1 Å². The SMILES string of the molecule is CC1C(=O)Nc2ccccc2N1CCC(=O)O. The Bertz CT molecular complexity index is 459. The van der Waals surface area contributed by atoms with Crippen LogP contribution in [0.25, 0.3) is 0 Å². The standard InChI is InChI=1S/C12H14N2O3/c1-8-12(17)13-9-4-2-3-5-10(9)14(8)7-6-11(15)16/h2-5,8H,6-7H2,1H3,(H,13,17)(H,15,16). The zero-order chi connectivity index (χ0) is 12.4. The van der Waals surface area contributed by atoms with E-state index < -0.39 is 5.97 Å². The van der Waals surface area contributed by atoms with Gasteiger partial charge in [-0.1, -0.05) is 12.1 Å². The van der Waals surface area contributed by atoms with Gasteiger partial charge in [-0.15, -0.1) is 0 Å². The second-order valence-corrected chi connectivity index (χ2v) is 4.02. The molecule has 0 spiro atoms. The highest BCUT2D eigenvalue weighted by atomic mass is 16.4. The molecule has 0 aromatic heterocycles. The Balaban J connectivity index is 2.28. The first-order valence-corrected chi connectivity index (χ1v) is 5.48. The molecule has 1 aromatic carbocycles. The van der Waals surface area contributed by atoms with Crippen LogP contribution >= 0.6 is 0 Å². The van der Waals surface area contributed by atoms with E-state index in [-0.39, 0.29) is 18.4 Å². The van der Waals surface area contributed by atoms with E-state index in [1.165, 1.54) is 0 Å². The summed E-state index contributed by atoms with van der Waals surface area (Å²) in [6.45, 7) is 2.11. The van der Waals surface area contributed by atoms with E-state index in [0.29, 0.717) is 6.54 Å². The molecule has 1 aliphatic rings. The number of para-hydroxylation sites is 2. The Morgan fingerprint density at radius 2 is 2.18 bits per heavy atom. The largest absolute Gasteiger partial charge is 0.481 e. The van der Waals surface area contributed by atoms with Crippen LogP contribution in [-0.4, -0.2) is 29.6 Å². The zero-order valence-corrected chi connectivity index (χ0v) is 9.51. The smallest absolute Gasteiger partial charge is 0.305 e. The Morgan fingerprint density at radius 1 is 1.47 bits per heavy atom. The van der Waals surface area contributed by atoms with Crippen molar-refractivity contribution < 1.29 is 14.7 Å². The van der Waals surface area contributed by atoms with Crippen molar-refractivity contribution in [3.8, 4) is 0 Å². The van der Waals surface area contributed by atoms with Gasteiger partial charge in [0.15, 0.2) is 0 Å². The molecule has 17 heavy (non-hydrogen) atoms. The van der Waals surface area contributed by atoms with Crippen molar-refractivity contribution >= 4 is 23.3 Å². The highest BCUT2D eigenvalue weighted by molar-refractivity contribution is 6.03. The van der Waals surface area contributed by atoms with Crippen LogP contribution in [0, 0.1) is 0 Å². The molecule has 0 aliphatic carbocycles. The summed E-state index contributed by atoms with van der Waals surface area (Å²) in [5.41, 5.74) is 1.61. The van der Waals surface area contributed by atoms with Gasteiger partial charge in [0.25, 0.3) is 0 Å². The molecule has 1 heterocycles. The Morgan fingerprint density at radius 3 is 2.88 bits per heavy atom. The molecule has 5 heteroatoms. The maximum atomic E-state index is 11.7. The summed E-state index contributed by atoms with van der Waals surface area (Å²) in [5.74, 6) is -0.963. The van der Waals surface area contributed by atoms with Crippen molar-refractivity contribution in [1.82, 2.24) is 0 Å². The van der Waals surface area contributed by atoms with Crippen LogP contribution in [0.5, 0.6) is 0 Å². The van der Waals surface area contributed by atoms with E-state index in [1.54, 1.807) is 6.92 Å². The molecule has 1 aromatic rings. The summed E-state index contributed by atoms with van der Waals surface area (Å²) >= 11 is 0. The van der Waals surface area contributed by atoms with E-state index in [4.69, 9.17) is 5.11 Å². The maximum Gasteiger partial charge on any atom is 0.305 e. The third-order valence-corrected chi connectivity index (χ3v) is 2.88. The van der Waals surface area contributed by atoms with Gasteiger partial charge >= 0.3 is 5.97 Å². The van der Waals surface area contributed by atoms with E-state index in [9.17, 15) is 9.59 Å². The normalized spacial score (nSPS) is 18.5. The van der Waals surface area contributed by atoms with Gasteiger partial charge in [0, 0.05) is 6.54 Å². The number of nitrogens with one attached hydrogen (secondary N) is 1. The number of benzene rings is 1. The van der Waals surface area contributed by atoms with Crippen LogP contribution in [0.1, 0.15) is 13.3 Å². The maximum absolute atomic E-state index is 11.7. The van der Waals surface area contributed by atoms with Crippen molar-refractivity contribution in [2.45, 2.75) is 19.4 Å². The number of fused-ring (bicyclic) bond motifs is 1. The molecule has 1 unspecified atom stereocenters. The molecule has 0 saturated heterocycles. The number of carboxylic acid groups (broad SMARTS) is 1. The van der Waals surface area contributed by atoms with Crippen molar-refractivity contribution in [3.63, 3.8) is 0 Å². The minimum Gasteiger partial charge on any atom is -0.481 e. The minimum atomic E-state index is -0.860. The lowest BCUT2D eigenvalue weighted by atomic mass is 10.1. The average molecular weight is 234 g/mol. The molecule has 0 fully saturated rings. The van der Waals surface area contributed by atoms with Crippen molar-refractivity contribution in [3.05, 3.63) is 24.3 Å². The molecular formula is C12H14N2O3. The van der Waals surface area contributed by atoms with Crippen molar-refractivity contribution in [2.75, 3.05) is 16.8 Å². The van der Waals surface area contributed by atoms with E-state index >= 15 is 0 Å². The Labute approximate surface area is 99.0 Å². The quantitative estimate of drug-likeness (QED) is 0.827. The molecule has 1 amide bonds. The summed E-state index contributed by atoms with van der Waals surface area (Å²) < 4.78 is 0. The summed E-state index contributed by atoms with van der Waals surface area (Å²) in [6, 6.07) is 7.06. The van der Waals surface area contributed by atoms with Crippen LogP contribution < -0.4 is 10.2 Å². The van der Waals surface area contributed by atoms with E-state index in [1.807, 2.05) is 29.2 Å². The number of carboxylic acids is 1. The molecule has 2 N–H and O–H groups in total. The fourth-order valence-electron chi connectivity index (χ4n) is 1.95. The lowest BCUT2D eigenvalue weighted by Gasteiger charge is -2.35. The molecule has 0 saturated carbocycles. The molecule has 1 aliphatic heterocycles. The van der Waals surface area contributed by atoms with Gasteiger partial charge in [0.2, 0.25) is 5.91 Å². The third-order valence-electron chi connectivity index (χ3n) is 2.88. The highest BCUT2D eigenvalue weighted by Crippen LogP contribution is 2.31. The number of nitrogens with zero attached hydrogens (tertiary/aromatic N) is 1. The fraction of sp³-hybridized carbons (Fsp3) is 0.333. The molecule has 5 nitrogen and oxygen atoms in total. The van der Waals surface area contributed by atoms with Crippen LogP contribution in [0.2, 0.25) is 0 Å². The summed E-state index contributed by atoms with van der Waals surface area (Å²) in [6.07, 6.45) is 0.0198. The summed E-state index contributed by atoms with van der Waals surface area (Å²) in [5, 5.41) is 11.5. The number of carbonyl (C=O) groups excluding carboxylic acids is 1. The van der Waals surface area contributed by atoms with Gasteiger partial charge in [-0.3, -0.25) is 9.59 Å². The number of anilines is 2. The summed E-state index contributed by atoms with van der Waals surface area (Å²) in [7, 11) is 0. The summed E-state index contributed by atoms with van der Waals surface area (Å²) in [4.78, 5) is 24.1. The van der Waals surface area contributed by atoms with E-state index in [0.717, 1.165) is 11.4 Å². The van der Waals surface area contributed by atoms with Gasteiger partial charge in [-0.25, -0.2) is 0 Å². The zero-order valence-electron chi connectivity index (χ0n) is 9.51. The number of amides is 1. The molecule has 90 valence electrons. The van der Waals surface area contributed by atoms with Crippen LogP contribution in [0.15, 0.2) is 24.3 Å². The fourth-order valence-corrected chi connectivity index (χ4v) is 1.95. The van der Waals surface area contributed by atoms with Gasteiger partial charge in [-0.2, -0.15) is 0 Å². The topological polar surface area (TPSA) is 69.6 Å². The first kappa shape index (κ1) is 11.4. The van der Waals surface area contributed by atoms with Crippen LogP contribution in [-0.2, 0) is 9.59 Å². The third kappa shape index (κ3) is 2.22. The molecule has 1 atom stereocenters. The lowest BCUT2D eigenvalue weighted by Crippen LogP contribution is -2.47. The molecule has 0 bridgehead atoms. The number of rotatable bonds is 3. The number of hydrogen-bond donors (Lipinski definition) is 2. The Kier molecular flexibility index (Phi) is 2.99. The van der Waals surface area contributed by atoms with Crippen LogP contribution in [0.4, 0.5) is 11.4 Å². The lowest BCUT2D eigenvalue weighted by molar-refractivity contribution is -0.136. The van der Waals surface area contributed by atoms with Crippen LogP contribution in [0.3, 0.4) is 0 Å². The highest BCUT2D eigenvalue weighted by Gasteiger charge is 2.28. The number of aliphatic carboxylic acids is 1.